The first-order valence-electron chi connectivity index (χ1n) is 14.3. The summed E-state index contributed by atoms with van der Waals surface area (Å²) in [6, 6.07) is 10.7. The molecule has 1 heterocycles. The van der Waals surface area contributed by atoms with E-state index >= 15 is 0 Å². The van der Waals surface area contributed by atoms with E-state index < -0.39 is 76.2 Å². The molecule has 13 heteroatoms. The van der Waals surface area contributed by atoms with Gasteiger partial charge in [-0.15, -0.1) is 0 Å². The number of carbonyl (C=O) groups excluding carboxylic acids is 4. The second-order valence-corrected chi connectivity index (χ2v) is 12.7. The fraction of sp³-hybridized carbons (Fsp3) is 0.235. The molecule has 0 spiro atoms. The minimum atomic E-state index is -5.21. The summed E-state index contributed by atoms with van der Waals surface area (Å²) < 4.78 is 82.1. The molecule has 47 heavy (non-hydrogen) atoms. The van der Waals surface area contributed by atoms with E-state index in [0.717, 1.165) is 6.08 Å². The average Bonchev–Trinajstić information content (AvgIpc) is 3.27. The number of benzene rings is 3. The van der Waals surface area contributed by atoms with Crippen molar-refractivity contribution in [2.24, 2.45) is 17.8 Å². The van der Waals surface area contributed by atoms with Crippen molar-refractivity contribution >= 4 is 55.8 Å². The number of rotatable bonds is 2. The van der Waals surface area contributed by atoms with Gasteiger partial charge in [-0.25, -0.2) is 4.90 Å². The third kappa shape index (κ3) is 4.77. The predicted octanol–water partition coefficient (Wildman–Crippen LogP) is 7.55. The Hall–Kier alpha value is -4.52. The molecule has 1 fully saturated rings. The van der Waals surface area contributed by atoms with Gasteiger partial charge in [-0.1, -0.05) is 42.0 Å². The van der Waals surface area contributed by atoms with Gasteiger partial charge >= 0.3 is 12.4 Å². The highest BCUT2D eigenvalue weighted by Gasteiger charge is 2.57. The van der Waals surface area contributed by atoms with E-state index in [1.54, 1.807) is 36.4 Å². The van der Waals surface area contributed by atoms with E-state index in [2.05, 4.69) is 15.9 Å². The molecule has 240 valence electrons. The highest BCUT2D eigenvalue weighted by molar-refractivity contribution is 9.12. The second-order valence-electron chi connectivity index (χ2n) is 11.9. The zero-order valence-electron chi connectivity index (χ0n) is 23.7. The van der Waals surface area contributed by atoms with Crippen molar-refractivity contribution in [3.63, 3.8) is 0 Å². The number of allylic oxidation sites excluding steroid dienone is 6. The number of carbonyl (C=O) groups is 4. The molecule has 7 rings (SSSR count). The molecule has 2 amide bonds. The highest BCUT2D eigenvalue weighted by atomic mass is 79.9. The lowest BCUT2D eigenvalue weighted by Crippen LogP contribution is -2.39. The van der Waals surface area contributed by atoms with Crippen molar-refractivity contribution in [3.8, 4) is 5.75 Å². The fourth-order valence-electron chi connectivity index (χ4n) is 7.45. The number of aromatic hydroxyl groups is 1. The number of phenols is 1. The maximum absolute atomic E-state index is 14.1. The largest absolute Gasteiger partial charge is 0.508 e. The standard InChI is InChI=1S/C34H20BrF6NO5/c35-23-13-25(44)28-22(30(23)45)12-21-19(29(28)27-18-4-2-1-3-14(18)5-8-24(27)43)6-7-20-26(21)32(47)42(31(20)46)17-10-15(33(36,37)38)9-16(11-17)34(39,40)41/h1-6,8-11,13,20-21,26,29,43H,7,12H2/t20-,21+,26-,29+/m0/s1. The summed E-state index contributed by atoms with van der Waals surface area (Å²) in [5, 5.41) is 12.5. The Morgan fingerprint density at radius 1 is 0.830 bits per heavy atom. The van der Waals surface area contributed by atoms with Gasteiger partial charge in [0.1, 0.15) is 5.75 Å². The Morgan fingerprint density at radius 3 is 2.15 bits per heavy atom. The summed E-state index contributed by atoms with van der Waals surface area (Å²) in [7, 11) is 0. The number of ketones is 2. The third-order valence-corrected chi connectivity index (χ3v) is 9.99. The number of nitrogens with zero attached hydrogens (tertiary/aromatic N) is 1. The van der Waals surface area contributed by atoms with Gasteiger partial charge in [0, 0.05) is 28.7 Å². The van der Waals surface area contributed by atoms with Gasteiger partial charge in [-0.3, -0.25) is 19.2 Å². The molecule has 3 aliphatic carbocycles. The molecule has 0 bridgehead atoms. The van der Waals surface area contributed by atoms with Crippen LogP contribution in [0.3, 0.4) is 0 Å². The topological polar surface area (TPSA) is 91.8 Å². The Balaban J connectivity index is 1.39. The average molecular weight is 716 g/mol. The lowest BCUT2D eigenvalue weighted by atomic mass is 9.59. The number of Topliss-reactive ketones (excluding diaryl/α,β-unsaturated/α-hetero) is 1. The number of phenolic OH excluding ortho intramolecular Hbond substituents is 1. The van der Waals surface area contributed by atoms with Crippen LogP contribution in [0.1, 0.15) is 35.4 Å². The van der Waals surface area contributed by atoms with E-state index in [9.17, 15) is 50.6 Å². The Morgan fingerprint density at radius 2 is 1.49 bits per heavy atom. The van der Waals surface area contributed by atoms with Crippen molar-refractivity contribution in [2.45, 2.75) is 31.1 Å². The van der Waals surface area contributed by atoms with Crippen LogP contribution in [0, 0.1) is 17.8 Å². The van der Waals surface area contributed by atoms with Gasteiger partial charge in [-0.05, 0) is 69.7 Å². The summed E-state index contributed by atoms with van der Waals surface area (Å²) in [5.74, 6) is -7.65. The van der Waals surface area contributed by atoms with Crippen molar-refractivity contribution < 1.29 is 50.6 Å². The Bertz CT molecular complexity index is 2030. The minimum absolute atomic E-state index is 0.0407. The number of hydrogen-bond acceptors (Lipinski definition) is 5. The summed E-state index contributed by atoms with van der Waals surface area (Å²) in [6.45, 7) is 0. The van der Waals surface area contributed by atoms with Gasteiger partial charge in [0.15, 0.2) is 11.6 Å². The van der Waals surface area contributed by atoms with E-state index in [-0.39, 0.29) is 40.3 Å². The van der Waals surface area contributed by atoms with E-state index in [1.807, 2.05) is 0 Å². The highest BCUT2D eigenvalue weighted by Crippen LogP contribution is 2.57. The molecule has 0 unspecified atom stereocenters. The maximum atomic E-state index is 14.1. The summed E-state index contributed by atoms with van der Waals surface area (Å²) in [5.41, 5.74) is -3.36. The molecule has 6 nitrogen and oxygen atoms in total. The van der Waals surface area contributed by atoms with E-state index in [4.69, 9.17) is 0 Å². The predicted molar refractivity (Wildman–Crippen MR) is 159 cm³/mol. The van der Waals surface area contributed by atoms with Crippen LogP contribution < -0.4 is 4.90 Å². The summed E-state index contributed by atoms with van der Waals surface area (Å²) in [4.78, 5) is 55.2. The molecule has 4 atom stereocenters. The first-order chi connectivity index (χ1) is 22.1. The maximum Gasteiger partial charge on any atom is 0.416 e. The van der Waals surface area contributed by atoms with Crippen molar-refractivity contribution in [1.29, 1.82) is 0 Å². The first kappa shape index (κ1) is 31.1. The van der Waals surface area contributed by atoms with Crippen LogP contribution in [-0.4, -0.2) is 28.5 Å². The molecule has 1 aliphatic heterocycles. The lowest BCUT2D eigenvalue weighted by Gasteiger charge is -2.42. The number of imide groups is 1. The second kappa shape index (κ2) is 10.5. The van der Waals surface area contributed by atoms with Crippen LogP contribution in [0.15, 0.2) is 88.0 Å². The summed E-state index contributed by atoms with van der Waals surface area (Å²) in [6.07, 6.45) is -7.97. The minimum Gasteiger partial charge on any atom is -0.508 e. The van der Waals surface area contributed by atoms with Crippen molar-refractivity contribution in [2.75, 3.05) is 4.90 Å². The van der Waals surface area contributed by atoms with Crippen LogP contribution >= 0.6 is 15.9 Å². The molecule has 3 aromatic rings. The number of halogens is 7. The molecular weight excluding hydrogens is 696 g/mol. The third-order valence-electron chi connectivity index (χ3n) is 9.40. The van der Waals surface area contributed by atoms with Crippen LogP contribution in [0.25, 0.3) is 10.8 Å². The number of alkyl halides is 6. The molecule has 1 N–H and O–H groups in total. The molecule has 0 radical (unpaired) electrons. The lowest BCUT2D eigenvalue weighted by molar-refractivity contribution is -0.143. The Labute approximate surface area is 270 Å². The zero-order valence-corrected chi connectivity index (χ0v) is 25.3. The first-order valence-corrected chi connectivity index (χ1v) is 15.1. The SMILES string of the molecule is O=C1C=C(Br)C(=O)C2=C1[C@@H](c1c(O)ccc3ccccc13)C1=CC[C@@H]3C(=O)N(c4cc(C(F)(F)F)cc(C(F)(F)F)c4)C(=O)[C@@H]3[C@@H]1C2. The molecule has 0 aromatic heterocycles. The molecule has 3 aromatic carbocycles. The smallest absolute Gasteiger partial charge is 0.416 e. The van der Waals surface area contributed by atoms with E-state index in [1.165, 1.54) is 6.07 Å². The van der Waals surface area contributed by atoms with Gasteiger partial charge < -0.3 is 5.11 Å². The van der Waals surface area contributed by atoms with Gasteiger partial charge in [0.05, 0.1) is 33.1 Å². The van der Waals surface area contributed by atoms with Crippen LogP contribution in [0.2, 0.25) is 0 Å². The molecule has 1 saturated heterocycles. The van der Waals surface area contributed by atoms with E-state index in [0.29, 0.717) is 38.9 Å². The number of anilines is 1. The van der Waals surface area contributed by atoms with Crippen LogP contribution in [-0.2, 0) is 31.5 Å². The van der Waals surface area contributed by atoms with Crippen molar-refractivity contribution in [3.05, 3.63) is 105 Å². The quantitative estimate of drug-likeness (QED) is 0.128. The number of hydrogen-bond donors (Lipinski definition) is 1. The van der Waals surface area contributed by atoms with Crippen LogP contribution in [0.5, 0.6) is 5.75 Å². The van der Waals surface area contributed by atoms with Gasteiger partial charge in [0.2, 0.25) is 11.8 Å². The monoisotopic (exact) mass is 715 g/mol. The van der Waals surface area contributed by atoms with Crippen LogP contribution in [0.4, 0.5) is 32.0 Å². The zero-order chi connectivity index (χ0) is 33.7. The normalized spacial score (nSPS) is 24.7. The van der Waals surface area contributed by atoms with Crippen molar-refractivity contribution in [1.82, 2.24) is 0 Å². The number of fused-ring (bicyclic) bond motifs is 4. The number of amides is 2. The molecule has 4 aliphatic rings. The molecular formula is C34H20BrF6NO5. The Kier molecular flexibility index (Phi) is 6.94. The van der Waals surface area contributed by atoms with Gasteiger partial charge in [-0.2, -0.15) is 26.3 Å². The van der Waals surface area contributed by atoms with Gasteiger partial charge in [0.25, 0.3) is 0 Å². The summed E-state index contributed by atoms with van der Waals surface area (Å²) >= 11 is 3.12. The fourth-order valence-corrected chi connectivity index (χ4v) is 7.89. The molecule has 0 saturated carbocycles.